The maximum Gasteiger partial charge on any atom is 0.433 e. The van der Waals surface area contributed by atoms with Gasteiger partial charge >= 0.3 is 12.4 Å². The SMILES string of the molecule is FC(F)(F)c1cc(-n2cc(CNC3C4CC5CC(C4)CC3C5)nn2)c2cccc(C(F)(F)F)c2n1. The highest BCUT2D eigenvalue weighted by Gasteiger charge is 2.48. The normalized spacial score (nSPS) is 28.2. The Hall–Kier alpha value is -2.69. The van der Waals surface area contributed by atoms with Crippen LogP contribution in [0.3, 0.4) is 0 Å². The van der Waals surface area contributed by atoms with Crippen LogP contribution in [0.2, 0.25) is 0 Å². The Morgan fingerprint density at radius 2 is 1.60 bits per heavy atom. The number of rotatable bonds is 4. The van der Waals surface area contributed by atoms with Crippen LogP contribution in [0.1, 0.15) is 49.1 Å². The van der Waals surface area contributed by atoms with Crippen LogP contribution in [-0.4, -0.2) is 26.0 Å². The molecule has 7 rings (SSSR count). The summed E-state index contributed by atoms with van der Waals surface area (Å²) in [5.74, 6) is 2.95. The van der Waals surface area contributed by atoms with Gasteiger partial charge in [-0.3, -0.25) is 0 Å². The standard InChI is InChI=1S/C24H23F6N5/c25-23(26,27)18-3-1-2-17-19(9-20(24(28,29)30)32-22(17)18)35-11-16(33-34-35)10-31-21-14-5-12-4-13(7-14)8-15(21)6-12/h1-3,9,11-15,21,31H,4-8,10H2. The molecule has 4 saturated carbocycles. The van der Waals surface area contributed by atoms with E-state index in [1.54, 1.807) is 0 Å². The number of benzene rings is 1. The lowest BCUT2D eigenvalue weighted by molar-refractivity contribution is -0.142. The Morgan fingerprint density at radius 1 is 0.914 bits per heavy atom. The van der Waals surface area contributed by atoms with Crippen molar-refractivity contribution < 1.29 is 26.3 Å². The summed E-state index contributed by atoms with van der Waals surface area (Å²) in [6, 6.07) is 4.28. The Bertz CT molecular complexity index is 1240. The fourth-order valence-corrected chi connectivity index (χ4v) is 6.77. The summed E-state index contributed by atoms with van der Waals surface area (Å²) in [7, 11) is 0. The molecule has 3 aromatic rings. The first-order valence-electron chi connectivity index (χ1n) is 11.8. The summed E-state index contributed by atoms with van der Waals surface area (Å²) in [6.07, 6.45) is -2.01. The van der Waals surface area contributed by atoms with Crippen LogP contribution in [0, 0.1) is 23.7 Å². The van der Waals surface area contributed by atoms with Crippen molar-refractivity contribution in [2.75, 3.05) is 0 Å². The summed E-state index contributed by atoms with van der Waals surface area (Å²) in [4.78, 5) is 3.33. The molecule has 2 aromatic heterocycles. The molecule has 11 heteroatoms. The summed E-state index contributed by atoms with van der Waals surface area (Å²) in [6.45, 7) is 0.399. The van der Waals surface area contributed by atoms with Crippen LogP contribution in [0.25, 0.3) is 16.6 Å². The lowest BCUT2D eigenvalue weighted by atomic mass is 9.54. The molecule has 0 amide bonds. The number of nitrogens with one attached hydrogen (secondary N) is 1. The summed E-state index contributed by atoms with van der Waals surface area (Å²) >= 11 is 0. The molecule has 1 N–H and O–H groups in total. The van der Waals surface area contributed by atoms with E-state index in [2.05, 4.69) is 20.6 Å². The van der Waals surface area contributed by atoms with Crippen molar-refractivity contribution in [1.29, 1.82) is 0 Å². The molecule has 0 atom stereocenters. The Balaban J connectivity index is 1.31. The molecular weight excluding hydrogens is 472 g/mol. The van der Waals surface area contributed by atoms with Crippen LogP contribution in [0.4, 0.5) is 26.3 Å². The zero-order valence-electron chi connectivity index (χ0n) is 18.6. The van der Waals surface area contributed by atoms with Crippen LogP contribution in [0.15, 0.2) is 30.5 Å². The van der Waals surface area contributed by atoms with E-state index < -0.39 is 29.1 Å². The minimum atomic E-state index is -4.92. The molecule has 0 saturated heterocycles. The van der Waals surface area contributed by atoms with E-state index in [9.17, 15) is 26.3 Å². The molecule has 4 fully saturated rings. The summed E-state index contributed by atoms with van der Waals surface area (Å²) in [5, 5.41) is 11.6. The highest BCUT2D eigenvalue weighted by atomic mass is 19.4. The van der Waals surface area contributed by atoms with Gasteiger partial charge in [-0.05, 0) is 67.9 Å². The van der Waals surface area contributed by atoms with Crippen molar-refractivity contribution in [3.8, 4) is 5.69 Å². The van der Waals surface area contributed by atoms with Crippen LogP contribution in [0.5, 0.6) is 0 Å². The van der Waals surface area contributed by atoms with Crippen molar-refractivity contribution in [1.82, 2.24) is 25.3 Å². The average Bonchev–Trinajstić information content (AvgIpc) is 3.24. The molecular formula is C24H23F6N5. The Morgan fingerprint density at radius 3 is 2.23 bits per heavy atom. The first kappa shape index (κ1) is 22.8. The van der Waals surface area contributed by atoms with Gasteiger partial charge in [-0.15, -0.1) is 5.10 Å². The van der Waals surface area contributed by atoms with Gasteiger partial charge in [-0.1, -0.05) is 17.3 Å². The fraction of sp³-hybridized carbons (Fsp3) is 0.542. The number of halogens is 6. The van der Waals surface area contributed by atoms with Gasteiger partial charge in [-0.2, -0.15) is 26.3 Å². The second-order valence-corrected chi connectivity index (χ2v) is 10.2. The lowest BCUT2D eigenvalue weighted by Crippen LogP contribution is -2.54. The van der Waals surface area contributed by atoms with Crippen LogP contribution < -0.4 is 5.32 Å². The molecule has 2 heterocycles. The van der Waals surface area contributed by atoms with Gasteiger partial charge in [0.1, 0.15) is 5.69 Å². The molecule has 4 aliphatic rings. The second kappa shape index (κ2) is 7.91. The number of alkyl halides is 6. The van der Waals surface area contributed by atoms with Gasteiger partial charge in [0, 0.05) is 18.0 Å². The van der Waals surface area contributed by atoms with Crippen LogP contribution in [-0.2, 0) is 18.9 Å². The molecule has 5 nitrogen and oxygen atoms in total. The van der Waals surface area contributed by atoms with Crippen molar-refractivity contribution in [2.24, 2.45) is 23.7 Å². The number of hydrogen-bond acceptors (Lipinski definition) is 4. The molecule has 186 valence electrons. The number of fused-ring (bicyclic) bond motifs is 1. The van der Waals surface area contributed by atoms with Gasteiger partial charge in [0.2, 0.25) is 0 Å². The van der Waals surface area contributed by atoms with E-state index in [-0.39, 0.29) is 11.1 Å². The highest BCUT2D eigenvalue weighted by Crippen LogP contribution is 2.53. The topological polar surface area (TPSA) is 55.6 Å². The molecule has 4 bridgehead atoms. The third-order valence-corrected chi connectivity index (χ3v) is 7.95. The van der Waals surface area contributed by atoms with E-state index in [1.165, 1.54) is 44.4 Å². The zero-order valence-corrected chi connectivity index (χ0v) is 18.6. The maximum atomic E-state index is 13.5. The second-order valence-electron chi connectivity index (χ2n) is 10.2. The number of hydrogen-bond donors (Lipinski definition) is 1. The van der Waals surface area contributed by atoms with E-state index in [4.69, 9.17) is 0 Å². The summed E-state index contributed by atoms with van der Waals surface area (Å²) < 4.78 is 82.2. The summed E-state index contributed by atoms with van der Waals surface area (Å²) in [5.41, 5.74) is -3.05. The van der Waals surface area contributed by atoms with Crippen LogP contribution >= 0.6 is 0 Å². The Kier molecular flexibility index (Phi) is 5.14. The third kappa shape index (κ3) is 4.07. The van der Waals surface area contributed by atoms with Gasteiger partial charge in [0.25, 0.3) is 0 Å². The molecule has 0 unspecified atom stereocenters. The first-order valence-corrected chi connectivity index (χ1v) is 11.8. The molecule has 0 spiro atoms. The Labute approximate surface area is 196 Å². The predicted molar refractivity (Wildman–Crippen MR) is 114 cm³/mol. The van der Waals surface area contributed by atoms with Crippen molar-refractivity contribution in [3.63, 3.8) is 0 Å². The van der Waals surface area contributed by atoms with E-state index >= 15 is 0 Å². The third-order valence-electron chi connectivity index (χ3n) is 7.95. The molecule has 1 aromatic carbocycles. The van der Waals surface area contributed by atoms with Gasteiger partial charge in [0.15, 0.2) is 0 Å². The quantitative estimate of drug-likeness (QED) is 0.467. The molecule has 0 radical (unpaired) electrons. The van der Waals surface area contributed by atoms with E-state index in [0.29, 0.717) is 36.2 Å². The fourth-order valence-electron chi connectivity index (χ4n) is 6.77. The van der Waals surface area contributed by atoms with Crippen molar-refractivity contribution in [2.45, 2.75) is 57.0 Å². The minimum absolute atomic E-state index is 0.0849. The number of aromatic nitrogens is 4. The maximum absolute atomic E-state index is 13.5. The smallest absolute Gasteiger partial charge is 0.308 e. The predicted octanol–water partition coefficient (Wildman–Crippen LogP) is 5.77. The number of pyridine rings is 1. The first-order chi connectivity index (χ1) is 16.6. The lowest BCUT2D eigenvalue weighted by Gasteiger charge is -2.54. The average molecular weight is 495 g/mol. The van der Waals surface area contributed by atoms with Crippen molar-refractivity contribution in [3.05, 3.63) is 47.4 Å². The van der Waals surface area contributed by atoms with Gasteiger partial charge in [0.05, 0.1) is 28.7 Å². The molecule has 4 aliphatic carbocycles. The van der Waals surface area contributed by atoms with E-state index in [0.717, 1.165) is 28.7 Å². The number of para-hydroxylation sites is 1. The van der Waals surface area contributed by atoms with E-state index in [1.807, 2.05) is 0 Å². The largest absolute Gasteiger partial charge is 0.433 e. The molecule has 35 heavy (non-hydrogen) atoms. The van der Waals surface area contributed by atoms with Gasteiger partial charge < -0.3 is 5.32 Å². The number of nitrogens with zero attached hydrogens (tertiary/aromatic N) is 4. The highest BCUT2D eigenvalue weighted by molar-refractivity contribution is 5.90. The zero-order chi connectivity index (χ0) is 24.5. The minimum Gasteiger partial charge on any atom is -0.308 e. The monoisotopic (exact) mass is 495 g/mol. The molecule has 0 aliphatic heterocycles. The van der Waals surface area contributed by atoms with Crippen molar-refractivity contribution >= 4 is 10.9 Å². The van der Waals surface area contributed by atoms with Gasteiger partial charge in [-0.25, -0.2) is 9.67 Å².